The van der Waals surface area contributed by atoms with Gasteiger partial charge in [0.25, 0.3) is 5.91 Å². The van der Waals surface area contributed by atoms with Crippen molar-refractivity contribution in [1.82, 2.24) is 10.3 Å². The number of hydrogen-bond acceptors (Lipinski definition) is 4. The Hall–Kier alpha value is -1.62. The summed E-state index contributed by atoms with van der Waals surface area (Å²) in [5, 5.41) is 4.62. The molecule has 0 spiro atoms. The molecule has 0 atom stereocenters. The second kappa shape index (κ2) is 4.94. The first-order valence-electron chi connectivity index (χ1n) is 5.05. The highest BCUT2D eigenvalue weighted by Crippen LogP contribution is 2.08. The maximum Gasteiger partial charge on any atom is 0.261 e. The minimum Gasteiger partial charge on any atom is -0.444 e. The molecule has 0 bridgehead atoms. The molecular weight excluding hydrogens is 224 g/mol. The van der Waals surface area contributed by atoms with Gasteiger partial charge < -0.3 is 9.73 Å². The lowest BCUT2D eigenvalue weighted by Crippen LogP contribution is -2.21. The van der Waals surface area contributed by atoms with E-state index in [1.807, 2.05) is 18.4 Å². The van der Waals surface area contributed by atoms with Crippen LogP contribution in [0, 0.1) is 0 Å². The van der Waals surface area contributed by atoms with Gasteiger partial charge in [0.15, 0.2) is 0 Å². The van der Waals surface area contributed by atoms with Gasteiger partial charge in [-0.1, -0.05) is 13.0 Å². The first-order chi connectivity index (χ1) is 7.79. The number of carbonyl (C=O) groups is 1. The van der Waals surface area contributed by atoms with Crippen LogP contribution < -0.4 is 5.32 Å². The molecule has 2 heterocycles. The molecule has 0 radical (unpaired) electrons. The molecule has 2 rings (SSSR count). The molecule has 0 saturated heterocycles. The Bertz CT molecular complexity index is 462. The fraction of sp³-hybridized carbons (Fsp3) is 0.273. The van der Waals surface area contributed by atoms with E-state index in [0.29, 0.717) is 17.3 Å². The molecule has 0 saturated carbocycles. The Kier molecular flexibility index (Phi) is 3.36. The van der Waals surface area contributed by atoms with Crippen LogP contribution in [0.4, 0.5) is 0 Å². The topological polar surface area (TPSA) is 55.1 Å². The molecule has 1 N–H and O–H groups in total. The van der Waals surface area contributed by atoms with E-state index in [0.717, 1.165) is 12.2 Å². The summed E-state index contributed by atoms with van der Waals surface area (Å²) in [6, 6.07) is 3.63. The molecule has 0 fully saturated rings. The summed E-state index contributed by atoms with van der Waals surface area (Å²) in [5.74, 6) is 1.29. The van der Waals surface area contributed by atoms with E-state index >= 15 is 0 Å². The summed E-state index contributed by atoms with van der Waals surface area (Å²) in [4.78, 5) is 16.3. The van der Waals surface area contributed by atoms with Crippen molar-refractivity contribution in [2.45, 2.75) is 19.9 Å². The lowest BCUT2D eigenvalue weighted by molar-refractivity contribution is 0.0951. The fourth-order valence-electron chi connectivity index (χ4n) is 1.24. The van der Waals surface area contributed by atoms with Gasteiger partial charge in [0.05, 0.1) is 17.6 Å². The van der Waals surface area contributed by atoms with Crippen molar-refractivity contribution in [2.24, 2.45) is 0 Å². The number of aromatic nitrogens is 1. The molecule has 0 aliphatic heterocycles. The van der Waals surface area contributed by atoms with Gasteiger partial charge in [0, 0.05) is 6.42 Å². The Labute approximate surface area is 97.3 Å². The molecule has 0 aliphatic carbocycles. The van der Waals surface area contributed by atoms with Crippen LogP contribution in [0.15, 0.2) is 28.1 Å². The number of nitrogens with one attached hydrogen (secondary N) is 1. The lowest BCUT2D eigenvalue weighted by atomic mass is 10.4. The highest BCUT2D eigenvalue weighted by atomic mass is 32.1. The van der Waals surface area contributed by atoms with Crippen LogP contribution in [0.5, 0.6) is 0 Å². The summed E-state index contributed by atoms with van der Waals surface area (Å²) < 4.78 is 5.38. The van der Waals surface area contributed by atoms with Gasteiger partial charge in [-0.3, -0.25) is 4.79 Å². The number of thiophene rings is 1. The second-order valence-electron chi connectivity index (χ2n) is 3.23. The van der Waals surface area contributed by atoms with E-state index in [9.17, 15) is 4.79 Å². The van der Waals surface area contributed by atoms with Gasteiger partial charge >= 0.3 is 0 Å². The van der Waals surface area contributed by atoms with E-state index in [-0.39, 0.29) is 5.91 Å². The normalized spacial score (nSPS) is 10.3. The third-order valence-corrected chi connectivity index (χ3v) is 2.96. The van der Waals surface area contributed by atoms with Gasteiger partial charge in [0.1, 0.15) is 5.76 Å². The van der Waals surface area contributed by atoms with E-state index in [1.54, 1.807) is 12.3 Å². The van der Waals surface area contributed by atoms with Crippen LogP contribution >= 0.6 is 11.3 Å². The first kappa shape index (κ1) is 10.9. The average Bonchev–Trinajstić information content (AvgIpc) is 2.96. The Balaban J connectivity index is 1.90. The van der Waals surface area contributed by atoms with Crippen LogP contribution in [0.25, 0.3) is 0 Å². The molecule has 0 unspecified atom stereocenters. The Morgan fingerprint density at radius 3 is 3.12 bits per heavy atom. The molecule has 0 aromatic carbocycles. The Morgan fingerprint density at radius 2 is 2.50 bits per heavy atom. The van der Waals surface area contributed by atoms with Crippen LogP contribution in [0.2, 0.25) is 0 Å². The predicted octanol–water partition coefficient (Wildman–Crippen LogP) is 2.23. The lowest BCUT2D eigenvalue weighted by Gasteiger charge is -1.99. The molecule has 84 valence electrons. The zero-order valence-corrected chi connectivity index (χ0v) is 9.71. The number of oxazole rings is 1. The molecule has 4 nitrogen and oxygen atoms in total. The van der Waals surface area contributed by atoms with Crippen LogP contribution in [0.3, 0.4) is 0 Å². The van der Waals surface area contributed by atoms with Gasteiger partial charge in [-0.05, 0) is 11.4 Å². The molecule has 0 aliphatic rings. The standard InChI is InChI=1S/C11H12N2O2S/c1-2-8-6-12-10(15-8)7-13-11(14)9-4-3-5-16-9/h3-6H,2,7H2,1H3,(H,13,14). The number of hydrogen-bond donors (Lipinski definition) is 1. The molecule has 16 heavy (non-hydrogen) atoms. The van der Waals surface area contributed by atoms with Crippen molar-refractivity contribution >= 4 is 17.2 Å². The summed E-state index contributed by atoms with van der Waals surface area (Å²) in [6.45, 7) is 2.32. The van der Waals surface area contributed by atoms with E-state index in [2.05, 4.69) is 10.3 Å². The summed E-state index contributed by atoms with van der Waals surface area (Å²) in [5.41, 5.74) is 0. The maximum atomic E-state index is 11.6. The number of carbonyl (C=O) groups excluding carboxylic acids is 1. The molecule has 1 amide bonds. The number of amides is 1. The van der Waals surface area contributed by atoms with E-state index < -0.39 is 0 Å². The fourth-order valence-corrected chi connectivity index (χ4v) is 1.88. The summed E-state index contributed by atoms with van der Waals surface area (Å²) in [7, 11) is 0. The van der Waals surface area contributed by atoms with Crippen LogP contribution in [0.1, 0.15) is 28.2 Å². The average molecular weight is 236 g/mol. The molecule has 2 aromatic heterocycles. The van der Waals surface area contributed by atoms with Gasteiger partial charge in [-0.15, -0.1) is 11.3 Å². The number of aryl methyl sites for hydroxylation is 1. The first-order valence-corrected chi connectivity index (χ1v) is 5.93. The third-order valence-electron chi connectivity index (χ3n) is 2.10. The summed E-state index contributed by atoms with van der Waals surface area (Å²) in [6.07, 6.45) is 2.50. The molecule has 2 aromatic rings. The highest BCUT2D eigenvalue weighted by molar-refractivity contribution is 7.12. The van der Waals surface area contributed by atoms with Crippen molar-refractivity contribution < 1.29 is 9.21 Å². The smallest absolute Gasteiger partial charge is 0.261 e. The Morgan fingerprint density at radius 1 is 1.62 bits per heavy atom. The van der Waals surface area contributed by atoms with Gasteiger partial charge in [0.2, 0.25) is 5.89 Å². The van der Waals surface area contributed by atoms with Crippen molar-refractivity contribution in [2.75, 3.05) is 0 Å². The zero-order valence-electron chi connectivity index (χ0n) is 8.90. The van der Waals surface area contributed by atoms with E-state index in [1.165, 1.54) is 11.3 Å². The van der Waals surface area contributed by atoms with Crippen LogP contribution in [-0.4, -0.2) is 10.9 Å². The molecule has 5 heteroatoms. The largest absolute Gasteiger partial charge is 0.444 e. The van der Waals surface area contributed by atoms with Gasteiger partial charge in [-0.25, -0.2) is 4.98 Å². The van der Waals surface area contributed by atoms with Gasteiger partial charge in [-0.2, -0.15) is 0 Å². The minimum absolute atomic E-state index is 0.0914. The van der Waals surface area contributed by atoms with Crippen molar-refractivity contribution in [1.29, 1.82) is 0 Å². The highest BCUT2D eigenvalue weighted by Gasteiger charge is 2.08. The maximum absolute atomic E-state index is 11.6. The van der Waals surface area contributed by atoms with Crippen molar-refractivity contribution in [3.63, 3.8) is 0 Å². The third kappa shape index (κ3) is 2.49. The second-order valence-corrected chi connectivity index (χ2v) is 4.18. The predicted molar refractivity (Wildman–Crippen MR) is 61.4 cm³/mol. The van der Waals surface area contributed by atoms with Crippen molar-refractivity contribution in [3.05, 3.63) is 40.2 Å². The SMILES string of the molecule is CCc1cnc(CNC(=O)c2cccs2)o1. The molecular formula is C11H12N2O2S. The minimum atomic E-state index is -0.0914. The number of nitrogens with zero attached hydrogens (tertiary/aromatic N) is 1. The van der Waals surface area contributed by atoms with Crippen LogP contribution in [-0.2, 0) is 13.0 Å². The monoisotopic (exact) mass is 236 g/mol. The zero-order chi connectivity index (χ0) is 11.4. The van der Waals surface area contributed by atoms with Crippen molar-refractivity contribution in [3.8, 4) is 0 Å². The quantitative estimate of drug-likeness (QED) is 0.885. The van der Waals surface area contributed by atoms with E-state index in [4.69, 9.17) is 4.42 Å². The number of rotatable bonds is 4. The summed E-state index contributed by atoms with van der Waals surface area (Å²) >= 11 is 1.41.